The average Bonchev–Trinajstić information content (AvgIpc) is 2.73. The minimum atomic E-state index is 1.02. The van der Waals surface area contributed by atoms with Crippen molar-refractivity contribution in [2.75, 3.05) is 0 Å². The van der Waals surface area contributed by atoms with Crippen LogP contribution < -0.4 is 0 Å². The Morgan fingerprint density at radius 3 is 1.10 bits per heavy atom. The van der Waals surface area contributed by atoms with Crippen LogP contribution in [0.3, 0.4) is 0 Å². The van der Waals surface area contributed by atoms with Gasteiger partial charge in [-0.3, -0.25) is 0 Å². The molecule has 0 spiro atoms. The van der Waals surface area contributed by atoms with Gasteiger partial charge in [-0.1, -0.05) is 141 Å². The lowest BCUT2D eigenvalue weighted by atomic mass is 9.89. The first kappa shape index (κ1) is 28.5. The highest BCUT2D eigenvalue weighted by Gasteiger charge is 2.08. The molecule has 0 aromatic rings. The standard InChI is InChI=1S/C29H56/c1-4-7-10-13-15-17-19-21-24-27-29(26-23-12-9-6-3)28-25-22-20-18-16-14-11-8-5-2/h4-5,29H,1-2,6-28H2,3H3. The number of hydrogen-bond donors (Lipinski definition) is 0. The third kappa shape index (κ3) is 23.6. The van der Waals surface area contributed by atoms with Gasteiger partial charge in [0, 0.05) is 0 Å². The van der Waals surface area contributed by atoms with Gasteiger partial charge in [0.15, 0.2) is 0 Å². The summed E-state index contributed by atoms with van der Waals surface area (Å²) in [6.45, 7) is 9.95. The van der Waals surface area contributed by atoms with Gasteiger partial charge in [0.1, 0.15) is 0 Å². The van der Waals surface area contributed by atoms with Crippen LogP contribution in [0, 0.1) is 5.92 Å². The average molecular weight is 405 g/mol. The van der Waals surface area contributed by atoms with E-state index >= 15 is 0 Å². The topological polar surface area (TPSA) is 0 Å². The van der Waals surface area contributed by atoms with E-state index in [4.69, 9.17) is 0 Å². The van der Waals surface area contributed by atoms with Gasteiger partial charge in [-0.2, -0.15) is 0 Å². The summed E-state index contributed by atoms with van der Waals surface area (Å²) in [7, 11) is 0. The molecule has 0 aliphatic carbocycles. The Kier molecular flexibility index (Phi) is 25.1. The van der Waals surface area contributed by atoms with Crippen LogP contribution in [0.1, 0.15) is 155 Å². The molecule has 0 atom stereocenters. The van der Waals surface area contributed by atoms with E-state index in [0.29, 0.717) is 0 Å². The minimum absolute atomic E-state index is 1.02. The van der Waals surface area contributed by atoms with Crippen molar-refractivity contribution in [2.24, 2.45) is 5.92 Å². The van der Waals surface area contributed by atoms with Gasteiger partial charge < -0.3 is 0 Å². The molecular formula is C29H56. The third-order valence-electron chi connectivity index (χ3n) is 6.51. The van der Waals surface area contributed by atoms with Gasteiger partial charge in [-0.25, -0.2) is 0 Å². The summed E-state index contributed by atoms with van der Waals surface area (Å²) in [6, 6.07) is 0. The zero-order chi connectivity index (χ0) is 21.3. The largest absolute Gasteiger partial charge is 0.103 e. The molecule has 0 bridgehead atoms. The molecule has 0 radical (unpaired) electrons. The van der Waals surface area contributed by atoms with Crippen molar-refractivity contribution in [3.63, 3.8) is 0 Å². The molecule has 0 heterocycles. The lowest BCUT2D eigenvalue weighted by molar-refractivity contribution is 0.366. The predicted octanol–water partition coefficient (Wildman–Crippen LogP) is 11.0. The summed E-state index contributed by atoms with van der Waals surface area (Å²) in [4.78, 5) is 0. The number of allylic oxidation sites excluding steroid dienone is 2. The molecule has 0 saturated heterocycles. The molecule has 0 saturated carbocycles. The Morgan fingerprint density at radius 1 is 0.448 bits per heavy atom. The van der Waals surface area contributed by atoms with Crippen LogP contribution in [0.25, 0.3) is 0 Å². The first-order valence-corrected chi connectivity index (χ1v) is 13.6. The predicted molar refractivity (Wildman–Crippen MR) is 136 cm³/mol. The summed E-state index contributed by atoms with van der Waals surface area (Å²) >= 11 is 0. The molecule has 29 heavy (non-hydrogen) atoms. The number of unbranched alkanes of at least 4 members (excludes halogenated alkanes) is 17. The fraction of sp³-hybridized carbons (Fsp3) is 0.862. The summed E-state index contributed by atoms with van der Waals surface area (Å²) in [5.74, 6) is 1.02. The molecule has 0 aliphatic rings. The molecule has 0 rings (SSSR count). The van der Waals surface area contributed by atoms with Crippen LogP contribution in [-0.4, -0.2) is 0 Å². The Hall–Kier alpha value is -0.520. The monoisotopic (exact) mass is 404 g/mol. The third-order valence-corrected chi connectivity index (χ3v) is 6.51. The maximum atomic E-state index is 3.81. The van der Waals surface area contributed by atoms with Crippen LogP contribution in [0.2, 0.25) is 0 Å². The molecular weight excluding hydrogens is 348 g/mol. The van der Waals surface area contributed by atoms with Crippen LogP contribution in [0.4, 0.5) is 0 Å². The molecule has 0 N–H and O–H groups in total. The summed E-state index contributed by atoms with van der Waals surface area (Å²) < 4.78 is 0. The Balaban J connectivity index is 3.71. The van der Waals surface area contributed by atoms with Crippen molar-refractivity contribution in [1.29, 1.82) is 0 Å². The maximum Gasteiger partial charge on any atom is -0.0353 e. The second kappa shape index (κ2) is 25.5. The van der Waals surface area contributed by atoms with Crippen molar-refractivity contribution in [3.05, 3.63) is 25.3 Å². The lowest BCUT2D eigenvalue weighted by Gasteiger charge is -2.17. The number of rotatable bonds is 25. The van der Waals surface area contributed by atoms with E-state index in [0.717, 1.165) is 5.92 Å². The molecule has 0 aliphatic heterocycles. The van der Waals surface area contributed by atoms with Gasteiger partial charge in [0.05, 0.1) is 0 Å². The van der Waals surface area contributed by atoms with E-state index in [-0.39, 0.29) is 0 Å². The second-order valence-corrected chi connectivity index (χ2v) is 9.40. The zero-order valence-electron chi connectivity index (χ0n) is 20.4. The summed E-state index contributed by atoms with van der Waals surface area (Å²) in [5.41, 5.74) is 0. The van der Waals surface area contributed by atoms with Crippen LogP contribution >= 0.6 is 0 Å². The van der Waals surface area contributed by atoms with Gasteiger partial charge in [-0.15, -0.1) is 13.2 Å². The molecule has 0 heteroatoms. The van der Waals surface area contributed by atoms with E-state index < -0.39 is 0 Å². The van der Waals surface area contributed by atoms with Gasteiger partial charge in [-0.05, 0) is 31.6 Å². The van der Waals surface area contributed by atoms with E-state index in [1.807, 2.05) is 0 Å². The Bertz CT molecular complexity index is 290. The maximum absolute atomic E-state index is 3.81. The van der Waals surface area contributed by atoms with Crippen molar-refractivity contribution in [2.45, 2.75) is 155 Å². The first-order valence-electron chi connectivity index (χ1n) is 13.6. The van der Waals surface area contributed by atoms with Crippen LogP contribution in [0.5, 0.6) is 0 Å². The quantitative estimate of drug-likeness (QED) is 0.105. The molecule has 172 valence electrons. The highest BCUT2D eigenvalue weighted by atomic mass is 14.1. The van der Waals surface area contributed by atoms with Crippen molar-refractivity contribution in [3.8, 4) is 0 Å². The Morgan fingerprint density at radius 2 is 0.759 bits per heavy atom. The van der Waals surface area contributed by atoms with Gasteiger partial charge in [0.25, 0.3) is 0 Å². The minimum Gasteiger partial charge on any atom is -0.103 e. The van der Waals surface area contributed by atoms with Crippen LogP contribution in [-0.2, 0) is 0 Å². The van der Waals surface area contributed by atoms with Crippen molar-refractivity contribution >= 4 is 0 Å². The molecule has 0 nitrogen and oxygen atoms in total. The van der Waals surface area contributed by atoms with E-state index in [1.165, 1.54) is 148 Å². The highest BCUT2D eigenvalue weighted by molar-refractivity contribution is 4.66. The van der Waals surface area contributed by atoms with Crippen molar-refractivity contribution in [1.82, 2.24) is 0 Å². The lowest BCUT2D eigenvalue weighted by Crippen LogP contribution is -2.01. The molecule has 0 aromatic carbocycles. The normalized spacial score (nSPS) is 11.2. The number of hydrogen-bond acceptors (Lipinski definition) is 0. The zero-order valence-corrected chi connectivity index (χ0v) is 20.4. The Labute approximate surface area is 186 Å². The smallest absolute Gasteiger partial charge is 0.0353 e. The molecule has 0 amide bonds. The fourth-order valence-electron chi connectivity index (χ4n) is 4.50. The summed E-state index contributed by atoms with van der Waals surface area (Å²) in [6.07, 6.45) is 36.9. The second-order valence-electron chi connectivity index (χ2n) is 9.40. The van der Waals surface area contributed by atoms with Gasteiger partial charge in [0.2, 0.25) is 0 Å². The van der Waals surface area contributed by atoms with Crippen LogP contribution in [0.15, 0.2) is 25.3 Å². The molecule has 0 unspecified atom stereocenters. The van der Waals surface area contributed by atoms with E-state index in [1.54, 1.807) is 0 Å². The van der Waals surface area contributed by atoms with E-state index in [9.17, 15) is 0 Å². The SMILES string of the molecule is C=CCCCCCCCCCC(CCCCCC)CCCCCCCCCC=C. The van der Waals surface area contributed by atoms with Crippen molar-refractivity contribution < 1.29 is 0 Å². The molecule has 0 aromatic heterocycles. The fourth-order valence-corrected chi connectivity index (χ4v) is 4.50. The van der Waals surface area contributed by atoms with Gasteiger partial charge >= 0.3 is 0 Å². The highest BCUT2D eigenvalue weighted by Crippen LogP contribution is 2.24. The summed E-state index contributed by atoms with van der Waals surface area (Å²) in [5, 5.41) is 0. The van der Waals surface area contributed by atoms with E-state index in [2.05, 4.69) is 32.2 Å². The first-order chi connectivity index (χ1) is 14.3. The molecule has 0 fully saturated rings.